The predicted octanol–water partition coefficient (Wildman–Crippen LogP) is 3.65. The molecule has 1 atom stereocenters. The maximum Gasteiger partial charge on any atom is 0.162 e. The van der Waals surface area contributed by atoms with E-state index in [2.05, 4.69) is 15.9 Å². The van der Waals surface area contributed by atoms with Crippen LogP contribution in [0.4, 0.5) is 0 Å². The van der Waals surface area contributed by atoms with Gasteiger partial charge in [0.1, 0.15) is 6.10 Å². The smallest absolute Gasteiger partial charge is 0.162 e. The Morgan fingerprint density at radius 1 is 1.47 bits per heavy atom. The summed E-state index contributed by atoms with van der Waals surface area (Å²) in [4.78, 5) is 11.2. The fraction of sp³-hybridized carbons (Fsp3) is 0.182. The minimum atomic E-state index is -0.261. The van der Waals surface area contributed by atoms with Crippen LogP contribution in [0.25, 0.3) is 0 Å². The first kappa shape index (κ1) is 10.7. The third-order valence-corrected chi connectivity index (χ3v) is 3.01. The van der Waals surface area contributed by atoms with Crippen LogP contribution in [0, 0.1) is 0 Å². The van der Waals surface area contributed by atoms with Gasteiger partial charge in [0, 0.05) is 21.1 Å². The van der Waals surface area contributed by atoms with Crippen molar-refractivity contribution in [2.24, 2.45) is 0 Å². The Balaban J connectivity index is 2.30. The fourth-order valence-corrected chi connectivity index (χ4v) is 2.25. The summed E-state index contributed by atoms with van der Waals surface area (Å²) in [5.74, 6) is 0.0604. The van der Waals surface area contributed by atoms with Crippen molar-refractivity contribution in [1.82, 2.24) is 0 Å². The third kappa shape index (κ3) is 2.41. The Bertz CT molecular complexity index is 429. The number of carbonyl (C=O) groups excluding carboxylic acids is 1. The van der Waals surface area contributed by atoms with Gasteiger partial charge in [-0.2, -0.15) is 0 Å². The molecule has 0 bridgehead atoms. The zero-order valence-corrected chi connectivity index (χ0v) is 10.1. The topological polar surface area (TPSA) is 26.3 Å². The zero-order valence-electron chi connectivity index (χ0n) is 7.74. The summed E-state index contributed by atoms with van der Waals surface area (Å²) >= 11 is 9.39. The lowest BCUT2D eigenvalue weighted by atomic mass is 10.0. The number of rotatable bonds is 1. The summed E-state index contributed by atoms with van der Waals surface area (Å²) in [5, 5.41) is 0.609. The molecule has 0 radical (unpaired) electrons. The molecule has 0 spiro atoms. The van der Waals surface area contributed by atoms with Gasteiger partial charge in [0.2, 0.25) is 0 Å². The first-order valence-corrected chi connectivity index (χ1v) is 5.63. The van der Waals surface area contributed by atoms with Crippen molar-refractivity contribution in [3.8, 4) is 0 Å². The molecule has 0 fully saturated rings. The highest BCUT2D eigenvalue weighted by atomic mass is 79.9. The number of benzene rings is 1. The molecular formula is C11H8BrClO2. The van der Waals surface area contributed by atoms with Gasteiger partial charge in [-0.3, -0.25) is 4.79 Å². The van der Waals surface area contributed by atoms with E-state index >= 15 is 0 Å². The van der Waals surface area contributed by atoms with Crippen molar-refractivity contribution in [3.63, 3.8) is 0 Å². The first-order valence-electron chi connectivity index (χ1n) is 4.46. The molecule has 0 aromatic heterocycles. The normalized spacial score (nSPS) is 20.1. The summed E-state index contributed by atoms with van der Waals surface area (Å²) in [6.45, 7) is 0. The molecule has 0 amide bonds. The van der Waals surface area contributed by atoms with Gasteiger partial charge in [-0.1, -0.05) is 33.6 Å². The van der Waals surface area contributed by atoms with E-state index in [1.807, 2.05) is 12.1 Å². The number of ketones is 1. The summed E-state index contributed by atoms with van der Waals surface area (Å²) in [6.07, 6.45) is 2.94. The monoisotopic (exact) mass is 286 g/mol. The number of carbonyl (C=O) groups is 1. The number of ether oxygens (including phenoxy) is 1. The van der Waals surface area contributed by atoms with Crippen LogP contribution < -0.4 is 0 Å². The minimum Gasteiger partial charge on any atom is -0.493 e. The van der Waals surface area contributed by atoms with Gasteiger partial charge in [-0.05, 0) is 12.1 Å². The second kappa shape index (κ2) is 4.37. The first-order chi connectivity index (χ1) is 7.16. The number of allylic oxidation sites excluding steroid dienone is 1. The SMILES string of the molecule is O=C1C=COC(c2ccc(Br)cc2Cl)C1. The molecule has 0 aliphatic carbocycles. The minimum absolute atomic E-state index is 0.0604. The van der Waals surface area contributed by atoms with Crippen LogP contribution in [0.15, 0.2) is 35.0 Å². The summed E-state index contributed by atoms with van der Waals surface area (Å²) in [7, 11) is 0. The highest BCUT2D eigenvalue weighted by Crippen LogP contribution is 2.32. The molecule has 2 nitrogen and oxygen atoms in total. The third-order valence-electron chi connectivity index (χ3n) is 2.19. The van der Waals surface area contributed by atoms with Gasteiger partial charge in [0.05, 0.1) is 12.7 Å². The van der Waals surface area contributed by atoms with Crippen molar-refractivity contribution in [2.45, 2.75) is 12.5 Å². The number of hydrogen-bond acceptors (Lipinski definition) is 2. The molecule has 1 heterocycles. The Labute approximate surface area is 101 Å². The van der Waals surface area contributed by atoms with Crippen LogP contribution in [0.5, 0.6) is 0 Å². The Morgan fingerprint density at radius 3 is 2.93 bits per heavy atom. The standard InChI is InChI=1S/C11H8BrClO2/c12-7-1-2-9(10(13)5-7)11-6-8(14)3-4-15-11/h1-5,11H,6H2. The maximum absolute atomic E-state index is 11.2. The van der Waals surface area contributed by atoms with Crippen LogP contribution in [0.1, 0.15) is 18.1 Å². The lowest BCUT2D eigenvalue weighted by Crippen LogP contribution is -2.11. The summed E-state index contributed by atoms with van der Waals surface area (Å²) in [5.41, 5.74) is 0.845. The van der Waals surface area contributed by atoms with E-state index in [0.717, 1.165) is 10.0 Å². The highest BCUT2D eigenvalue weighted by Gasteiger charge is 2.20. The van der Waals surface area contributed by atoms with Gasteiger partial charge in [-0.25, -0.2) is 0 Å². The van der Waals surface area contributed by atoms with Crippen molar-refractivity contribution in [3.05, 3.63) is 45.6 Å². The van der Waals surface area contributed by atoms with E-state index in [1.54, 1.807) is 6.07 Å². The lowest BCUT2D eigenvalue weighted by Gasteiger charge is -2.20. The van der Waals surface area contributed by atoms with E-state index < -0.39 is 0 Å². The largest absolute Gasteiger partial charge is 0.493 e. The van der Waals surface area contributed by atoms with Gasteiger partial charge < -0.3 is 4.74 Å². The fourth-order valence-electron chi connectivity index (χ4n) is 1.45. The summed E-state index contributed by atoms with van der Waals surface area (Å²) in [6, 6.07) is 5.54. The van der Waals surface area contributed by atoms with E-state index in [9.17, 15) is 4.79 Å². The molecule has 0 saturated heterocycles. The lowest BCUT2D eigenvalue weighted by molar-refractivity contribution is -0.118. The van der Waals surface area contributed by atoms with Gasteiger partial charge in [0.25, 0.3) is 0 Å². The Hall–Kier alpha value is -0.800. The molecule has 4 heteroatoms. The molecule has 0 N–H and O–H groups in total. The molecule has 1 aliphatic rings. The molecule has 1 aliphatic heterocycles. The van der Waals surface area contributed by atoms with Crippen molar-refractivity contribution in [1.29, 1.82) is 0 Å². The van der Waals surface area contributed by atoms with E-state index in [-0.39, 0.29) is 11.9 Å². The highest BCUT2D eigenvalue weighted by molar-refractivity contribution is 9.10. The average Bonchev–Trinajstić information content (AvgIpc) is 2.17. The predicted molar refractivity (Wildman–Crippen MR) is 61.7 cm³/mol. The van der Waals surface area contributed by atoms with Crippen molar-refractivity contribution >= 4 is 33.3 Å². The number of hydrogen-bond donors (Lipinski definition) is 0. The van der Waals surface area contributed by atoms with Crippen molar-refractivity contribution in [2.75, 3.05) is 0 Å². The molecule has 2 rings (SSSR count). The van der Waals surface area contributed by atoms with Crippen LogP contribution >= 0.6 is 27.5 Å². The van der Waals surface area contributed by atoms with Crippen LogP contribution in [-0.4, -0.2) is 5.78 Å². The molecule has 1 aromatic carbocycles. The van der Waals surface area contributed by atoms with Crippen LogP contribution in [0.2, 0.25) is 5.02 Å². The Kier molecular flexibility index (Phi) is 3.12. The number of halogens is 2. The molecular weight excluding hydrogens is 279 g/mol. The van der Waals surface area contributed by atoms with E-state index in [0.29, 0.717) is 11.4 Å². The summed E-state index contributed by atoms with van der Waals surface area (Å²) < 4.78 is 6.27. The van der Waals surface area contributed by atoms with Crippen molar-refractivity contribution < 1.29 is 9.53 Å². The molecule has 15 heavy (non-hydrogen) atoms. The quantitative estimate of drug-likeness (QED) is 0.788. The second-order valence-corrected chi connectivity index (χ2v) is 4.59. The van der Waals surface area contributed by atoms with Crippen LogP contribution in [0.3, 0.4) is 0 Å². The van der Waals surface area contributed by atoms with Gasteiger partial charge in [0.15, 0.2) is 5.78 Å². The van der Waals surface area contributed by atoms with E-state index in [1.165, 1.54) is 12.3 Å². The van der Waals surface area contributed by atoms with Gasteiger partial charge in [-0.15, -0.1) is 0 Å². The second-order valence-electron chi connectivity index (χ2n) is 3.26. The zero-order chi connectivity index (χ0) is 10.8. The molecule has 0 saturated carbocycles. The van der Waals surface area contributed by atoms with Gasteiger partial charge >= 0.3 is 0 Å². The van der Waals surface area contributed by atoms with Crippen LogP contribution in [-0.2, 0) is 9.53 Å². The van der Waals surface area contributed by atoms with E-state index in [4.69, 9.17) is 16.3 Å². The molecule has 1 unspecified atom stereocenters. The average molecular weight is 288 g/mol. The Morgan fingerprint density at radius 2 is 2.27 bits per heavy atom. The molecule has 1 aromatic rings. The molecule has 78 valence electrons. The maximum atomic E-state index is 11.2.